The van der Waals surface area contributed by atoms with E-state index < -0.39 is 11.4 Å². The molecular weight excluding hydrogens is 254 g/mol. The summed E-state index contributed by atoms with van der Waals surface area (Å²) in [7, 11) is 0. The van der Waals surface area contributed by atoms with Crippen LogP contribution in [0.15, 0.2) is 6.07 Å². The van der Waals surface area contributed by atoms with Gasteiger partial charge in [0.15, 0.2) is 0 Å². The molecule has 1 heterocycles. The third-order valence-corrected chi connectivity index (χ3v) is 3.30. The first kappa shape index (κ1) is 14.6. The highest BCUT2D eigenvalue weighted by Gasteiger charge is 2.29. The van der Waals surface area contributed by atoms with Crippen LogP contribution in [0.5, 0.6) is 0 Å². The van der Waals surface area contributed by atoms with Crippen molar-refractivity contribution in [3.8, 4) is 0 Å². The molecule has 2 rings (SSSR count). The highest BCUT2D eigenvalue weighted by Crippen LogP contribution is 2.39. The summed E-state index contributed by atoms with van der Waals surface area (Å²) in [5.41, 5.74) is 4.55. The zero-order valence-electron chi connectivity index (χ0n) is 12.4. The molecule has 0 saturated heterocycles. The summed E-state index contributed by atoms with van der Waals surface area (Å²) in [5, 5.41) is 6.36. The van der Waals surface area contributed by atoms with Crippen LogP contribution in [0.3, 0.4) is 0 Å². The van der Waals surface area contributed by atoms with Gasteiger partial charge in [-0.25, -0.2) is 9.97 Å². The maximum atomic E-state index is 11.4. The monoisotopic (exact) mass is 277 g/mol. The molecule has 1 amide bonds. The molecule has 20 heavy (non-hydrogen) atoms. The van der Waals surface area contributed by atoms with Gasteiger partial charge in [-0.15, -0.1) is 0 Å². The lowest BCUT2D eigenvalue weighted by Gasteiger charge is -2.23. The minimum Gasteiger partial charge on any atom is -0.370 e. The first-order valence-corrected chi connectivity index (χ1v) is 7.13. The van der Waals surface area contributed by atoms with Crippen molar-refractivity contribution in [1.29, 1.82) is 0 Å². The van der Waals surface area contributed by atoms with Crippen LogP contribution in [0.25, 0.3) is 0 Å². The molecule has 6 nitrogen and oxygen atoms in total. The molecule has 0 bridgehead atoms. The van der Waals surface area contributed by atoms with Gasteiger partial charge in [0.1, 0.15) is 23.0 Å². The summed E-state index contributed by atoms with van der Waals surface area (Å²) in [6.45, 7) is 6.45. The van der Waals surface area contributed by atoms with Crippen molar-refractivity contribution in [3.05, 3.63) is 11.9 Å². The molecule has 0 unspecified atom stereocenters. The average molecular weight is 277 g/mol. The number of aromatic nitrogens is 2. The fourth-order valence-corrected chi connectivity index (χ4v) is 1.78. The van der Waals surface area contributed by atoms with Crippen molar-refractivity contribution < 1.29 is 4.79 Å². The number of hydrogen-bond donors (Lipinski definition) is 3. The number of nitrogens with two attached hydrogens (primary N) is 1. The van der Waals surface area contributed by atoms with Crippen LogP contribution in [0.4, 0.5) is 11.6 Å². The molecule has 6 heteroatoms. The third kappa shape index (κ3) is 3.59. The number of hydrogen-bond acceptors (Lipinski definition) is 5. The molecule has 0 spiro atoms. The van der Waals surface area contributed by atoms with E-state index in [1.165, 1.54) is 0 Å². The van der Waals surface area contributed by atoms with Crippen LogP contribution < -0.4 is 16.4 Å². The normalized spacial score (nSPS) is 14.9. The fraction of sp³-hybridized carbons (Fsp3) is 0.643. The van der Waals surface area contributed by atoms with Gasteiger partial charge in [0.05, 0.1) is 0 Å². The van der Waals surface area contributed by atoms with E-state index in [0.717, 1.165) is 37.4 Å². The van der Waals surface area contributed by atoms with Gasteiger partial charge in [-0.05, 0) is 33.1 Å². The number of primary amides is 1. The predicted molar refractivity (Wildman–Crippen MR) is 79.7 cm³/mol. The van der Waals surface area contributed by atoms with Crippen molar-refractivity contribution in [3.63, 3.8) is 0 Å². The Morgan fingerprint density at radius 2 is 2.05 bits per heavy atom. The van der Waals surface area contributed by atoms with E-state index in [0.29, 0.717) is 11.7 Å². The van der Waals surface area contributed by atoms with Gasteiger partial charge in [0.25, 0.3) is 0 Å². The SMILES string of the molecule is CCCNc1cc(NC(C)(C)C(N)=O)nc(C2CC2)n1. The Bertz CT molecular complexity index is 496. The highest BCUT2D eigenvalue weighted by molar-refractivity contribution is 5.86. The van der Waals surface area contributed by atoms with Crippen molar-refractivity contribution >= 4 is 17.5 Å². The largest absolute Gasteiger partial charge is 0.370 e. The zero-order valence-corrected chi connectivity index (χ0v) is 12.4. The maximum absolute atomic E-state index is 11.4. The second kappa shape index (κ2) is 5.64. The van der Waals surface area contributed by atoms with E-state index in [9.17, 15) is 4.79 Å². The number of anilines is 2. The first-order chi connectivity index (χ1) is 9.42. The Labute approximate surface area is 119 Å². The summed E-state index contributed by atoms with van der Waals surface area (Å²) in [6.07, 6.45) is 3.30. The number of rotatable bonds is 7. The van der Waals surface area contributed by atoms with Crippen LogP contribution in [0.1, 0.15) is 51.8 Å². The molecule has 1 aromatic heterocycles. The van der Waals surface area contributed by atoms with E-state index in [-0.39, 0.29) is 0 Å². The average Bonchev–Trinajstić information content (AvgIpc) is 3.19. The fourth-order valence-electron chi connectivity index (χ4n) is 1.78. The summed E-state index contributed by atoms with van der Waals surface area (Å²) in [5.74, 6) is 2.33. The number of carbonyl (C=O) groups is 1. The molecule has 0 atom stereocenters. The Kier molecular flexibility index (Phi) is 4.11. The van der Waals surface area contributed by atoms with Gasteiger partial charge in [0, 0.05) is 18.5 Å². The second-order valence-corrected chi connectivity index (χ2v) is 5.81. The smallest absolute Gasteiger partial charge is 0.242 e. The van der Waals surface area contributed by atoms with Gasteiger partial charge in [-0.2, -0.15) is 0 Å². The number of amides is 1. The minimum atomic E-state index is -0.836. The van der Waals surface area contributed by atoms with Crippen LogP contribution in [-0.2, 0) is 4.79 Å². The Balaban J connectivity index is 2.22. The van der Waals surface area contributed by atoms with E-state index in [1.807, 2.05) is 6.07 Å². The van der Waals surface area contributed by atoms with Crippen molar-refractivity contribution in [2.24, 2.45) is 5.73 Å². The Morgan fingerprint density at radius 1 is 1.40 bits per heavy atom. The topological polar surface area (TPSA) is 92.9 Å². The number of carbonyl (C=O) groups excluding carboxylic acids is 1. The molecule has 1 aliphatic rings. The zero-order chi connectivity index (χ0) is 14.8. The predicted octanol–water partition coefficient (Wildman–Crippen LogP) is 1.85. The van der Waals surface area contributed by atoms with Gasteiger partial charge in [-0.3, -0.25) is 4.79 Å². The summed E-state index contributed by atoms with van der Waals surface area (Å²) in [6, 6.07) is 1.83. The molecule has 1 aliphatic carbocycles. The molecule has 4 N–H and O–H groups in total. The van der Waals surface area contributed by atoms with E-state index >= 15 is 0 Å². The van der Waals surface area contributed by atoms with E-state index in [4.69, 9.17) is 5.73 Å². The van der Waals surface area contributed by atoms with Gasteiger partial charge >= 0.3 is 0 Å². The van der Waals surface area contributed by atoms with Crippen LogP contribution in [0.2, 0.25) is 0 Å². The number of nitrogens with one attached hydrogen (secondary N) is 2. The standard InChI is InChI=1S/C14H23N5O/c1-4-7-16-10-8-11(19-14(2,3)13(15)20)18-12(17-10)9-5-6-9/h8-9H,4-7H2,1-3H3,(H2,15,20)(H2,16,17,18,19). The molecule has 110 valence electrons. The van der Waals surface area contributed by atoms with Crippen molar-refractivity contribution in [1.82, 2.24) is 9.97 Å². The third-order valence-electron chi connectivity index (χ3n) is 3.30. The quantitative estimate of drug-likeness (QED) is 0.707. The van der Waals surface area contributed by atoms with Crippen molar-refractivity contribution in [2.75, 3.05) is 17.2 Å². The van der Waals surface area contributed by atoms with E-state index in [2.05, 4.69) is 27.5 Å². The lowest BCUT2D eigenvalue weighted by atomic mass is 10.1. The Hall–Kier alpha value is -1.85. The van der Waals surface area contributed by atoms with E-state index in [1.54, 1.807) is 13.8 Å². The first-order valence-electron chi connectivity index (χ1n) is 7.13. The van der Waals surface area contributed by atoms with Gasteiger partial charge in [-0.1, -0.05) is 6.92 Å². The molecule has 1 saturated carbocycles. The maximum Gasteiger partial charge on any atom is 0.242 e. The molecule has 1 fully saturated rings. The summed E-state index contributed by atoms with van der Waals surface area (Å²) < 4.78 is 0. The lowest BCUT2D eigenvalue weighted by molar-refractivity contribution is -0.121. The minimum absolute atomic E-state index is 0.410. The number of nitrogens with zero attached hydrogens (tertiary/aromatic N) is 2. The van der Waals surface area contributed by atoms with Crippen LogP contribution >= 0.6 is 0 Å². The molecule has 0 aliphatic heterocycles. The van der Waals surface area contributed by atoms with Crippen molar-refractivity contribution in [2.45, 2.75) is 51.5 Å². The highest BCUT2D eigenvalue weighted by atomic mass is 16.1. The molecular formula is C14H23N5O. The molecule has 1 aromatic rings. The van der Waals surface area contributed by atoms with Crippen LogP contribution in [0, 0.1) is 0 Å². The summed E-state index contributed by atoms with van der Waals surface area (Å²) in [4.78, 5) is 20.4. The lowest BCUT2D eigenvalue weighted by Crippen LogP contribution is -2.45. The van der Waals surface area contributed by atoms with Gasteiger partial charge in [0.2, 0.25) is 5.91 Å². The Morgan fingerprint density at radius 3 is 2.60 bits per heavy atom. The molecule has 0 aromatic carbocycles. The summed E-state index contributed by atoms with van der Waals surface area (Å²) >= 11 is 0. The van der Waals surface area contributed by atoms with Crippen LogP contribution in [-0.4, -0.2) is 28.0 Å². The second-order valence-electron chi connectivity index (χ2n) is 5.81. The van der Waals surface area contributed by atoms with Gasteiger partial charge < -0.3 is 16.4 Å². The molecule has 0 radical (unpaired) electrons.